The monoisotopic (exact) mass is 450 g/mol. The zero-order valence-electron chi connectivity index (χ0n) is 18.1. The summed E-state index contributed by atoms with van der Waals surface area (Å²) in [4.78, 5) is 39.4. The molecule has 0 fully saturated rings. The summed E-state index contributed by atoms with van der Waals surface area (Å²) in [5.74, 6) is -0.978. The Morgan fingerprint density at radius 1 is 1.22 bits per heavy atom. The fourth-order valence-electron chi connectivity index (χ4n) is 2.98. The molecule has 0 aromatic heterocycles. The molecule has 1 atom stereocenters. The summed E-state index contributed by atoms with van der Waals surface area (Å²) in [6, 6.07) is 2.83. The van der Waals surface area contributed by atoms with Gasteiger partial charge in [0.1, 0.15) is 24.1 Å². The number of carbonyl (C=O) groups is 3. The van der Waals surface area contributed by atoms with E-state index in [-0.39, 0.29) is 24.5 Å². The molecule has 1 aliphatic heterocycles. The SMILES string of the molecule is CCOC(=O)N[C@@H](CNC(=O)c1ccc(OCCNC2=NCCCCC2)cc1O)C(=O)O. The van der Waals surface area contributed by atoms with E-state index in [1.165, 1.54) is 24.6 Å². The van der Waals surface area contributed by atoms with E-state index in [4.69, 9.17) is 9.84 Å². The van der Waals surface area contributed by atoms with Gasteiger partial charge in [-0.1, -0.05) is 6.42 Å². The third kappa shape index (κ3) is 8.32. The normalized spacial score (nSPS) is 14.3. The number of nitrogens with one attached hydrogen (secondary N) is 3. The van der Waals surface area contributed by atoms with Crippen LogP contribution in [0, 0.1) is 0 Å². The molecular formula is C21H30N4O7. The van der Waals surface area contributed by atoms with Gasteiger partial charge in [-0.05, 0) is 31.9 Å². The fourth-order valence-corrected chi connectivity index (χ4v) is 2.98. The molecule has 1 aromatic carbocycles. The highest BCUT2D eigenvalue weighted by Gasteiger charge is 2.22. The largest absolute Gasteiger partial charge is 0.507 e. The molecule has 0 saturated heterocycles. The first kappa shape index (κ1) is 24.8. The van der Waals surface area contributed by atoms with Crippen LogP contribution in [-0.4, -0.2) is 72.9 Å². The number of aliphatic imine (C=N–C) groups is 1. The average Bonchev–Trinajstić information content (AvgIpc) is 3.03. The maximum Gasteiger partial charge on any atom is 0.407 e. The number of ether oxygens (including phenoxy) is 2. The number of alkyl carbamates (subject to hydrolysis) is 1. The lowest BCUT2D eigenvalue weighted by molar-refractivity contribution is -0.139. The first-order valence-electron chi connectivity index (χ1n) is 10.6. The molecule has 2 amide bonds. The summed E-state index contributed by atoms with van der Waals surface area (Å²) in [6.07, 6.45) is 3.45. The first-order chi connectivity index (χ1) is 15.4. The predicted molar refractivity (Wildman–Crippen MR) is 116 cm³/mol. The van der Waals surface area contributed by atoms with Crippen LogP contribution in [0.1, 0.15) is 43.0 Å². The Bertz CT molecular complexity index is 828. The Labute approximate surface area is 186 Å². The maximum atomic E-state index is 12.3. The standard InChI is InChI=1S/C21H30N4O7/c1-2-31-21(30)25-16(20(28)29)13-24-19(27)15-8-7-14(12-17(15)26)32-11-10-23-18-6-4-3-5-9-22-18/h7-8,12,16,26H,2-6,9-11,13H2,1H3,(H,22,23)(H,24,27)(H,25,30)(H,28,29)/t16-/m0/s1. The van der Waals surface area contributed by atoms with Crippen LogP contribution in [0.15, 0.2) is 23.2 Å². The number of benzene rings is 1. The molecule has 0 saturated carbocycles. The molecule has 1 aromatic rings. The highest BCUT2D eigenvalue weighted by molar-refractivity contribution is 5.97. The molecule has 0 bridgehead atoms. The number of nitrogens with zero attached hydrogens (tertiary/aromatic N) is 1. The van der Waals surface area contributed by atoms with E-state index in [1.54, 1.807) is 6.92 Å². The molecule has 11 heteroatoms. The van der Waals surface area contributed by atoms with Crippen molar-refractivity contribution in [2.75, 3.05) is 32.8 Å². The number of amides is 2. The van der Waals surface area contributed by atoms with Crippen molar-refractivity contribution in [3.05, 3.63) is 23.8 Å². The number of carboxylic acids is 1. The van der Waals surface area contributed by atoms with Crippen molar-refractivity contribution in [1.29, 1.82) is 0 Å². The fraction of sp³-hybridized carbons (Fsp3) is 0.524. The zero-order valence-corrected chi connectivity index (χ0v) is 18.1. The Hall–Kier alpha value is -3.50. The number of carboxylic acid groups (broad SMARTS) is 1. The van der Waals surface area contributed by atoms with Crippen molar-refractivity contribution in [3.8, 4) is 11.5 Å². The Morgan fingerprint density at radius 2 is 2.03 bits per heavy atom. The summed E-state index contributed by atoms with van der Waals surface area (Å²) in [5.41, 5.74) is -0.0523. The minimum absolute atomic E-state index is 0.0523. The van der Waals surface area contributed by atoms with Crippen LogP contribution < -0.4 is 20.7 Å². The highest BCUT2D eigenvalue weighted by atomic mass is 16.5. The summed E-state index contributed by atoms with van der Waals surface area (Å²) in [7, 11) is 0. The molecule has 0 aliphatic carbocycles. The number of phenolic OH excluding ortho intramolecular Hbond substituents is 1. The van der Waals surface area contributed by atoms with Crippen LogP contribution in [0.4, 0.5) is 4.79 Å². The van der Waals surface area contributed by atoms with Gasteiger partial charge in [-0.15, -0.1) is 0 Å². The zero-order chi connectivity index (χ0) is 23.3. The Balaban J connectivity index is 1.81. The number of hydrogen-bond acceptors (Lipinski definition) is 8. The smallest absolute Gasteiger partial charge is 0.407 e. The van der Waals surface area contributed by atoms with Crippen molar-refractivity contribution in [3.63, 3.8) is 0 Å². The van der Waals surface area contributed by atoms with Gasteiger partial charge in [-0.2, -0.15) is 0 Å². The van der Waals surface area contributed by atoms with E-state index in [1.807, 2.05) is 0 Å². The van der Waals surface area contributed by atoms with Crippen molar-refractivity contribution in [2.24, 2.45) is 4.99 Å². The van der Waals surface area contributed by atoms with Gasteiger partial charge in [-0.25, -0.2) is 9.59 Å². The second-order valence-corrected chi connectivity index (χ2v) is 7.06. The van der Waals surface area contributed by atoms with Gasteiger partial charge in [-0.3, -0.25) is 9.79 Å². The molecule has 1 aliphatic rings. The number of aliphatic carboxylic acids is 1. The minimum atomic E-state index is -1.38. The second kappa shape index (κ2) is 13.0. The quantitative estimate of drug-likeness (QED) is 0.333. The molecule has 2 rings (SSSR count). The summed E-state index contributed by atoms with van der Waals surface area (Å²) >= 11 is 0. The molecule has 0 radical (unpaired) electrons. The third-order valence-corrected chi connectivity index (χ3v) is 4.62. The lowest BCUT2D eigenvalue weighted by Gasteiger charge is -2.15. The van der Waals surface area contributed by atoms with Gasteiger partial charge in [0.25, 0.3) is 5.91 Å². The van der Waals surface area contributed by atoms with Crippen LogP contribution in [0.3, 0.4) is 0 Å². The molecule has 5 N–H and O–H groups in total. The number of amidine groups is 1. The lowest BCUT2D eigenvalue weighted by atomic mass is 10.1. The van der Waals surface area contributed by atoms with Crippen molar-refractivity contribution < 1.29 is 34.1 Å². The van der Waals surface area contributed by atoms with E-state index in [2.05, 4.69) is 25.7 Å². The van der Waals surface area contributed by atoms with E-state index < -0.39 is 24.0 Å². The van der Waals surface area contributed by atoms with Crippen LogP contribution in [0.5, 0.6) is 11.5 Å². The van der Waals surface area contributed by atoms with Gasteiger partial charge in [0.2, 0.25) is 0 Å². The molecular weight excluding hydrogens is 420 g/mol. The van der Waals surface area contributed by atoms with Gasteiger partial charge in [0.05, 0.1) is 24.6 Å². The van der Waals surface area contributed by atoms with Crippen LogP contribution >= 0.6 is 0 Å². The van der Waals surface area contributed by atoms with Crippen LogP contribution in [0.2, 0.25) is 0 Å². The number of carbonyl (C=O) groups excluding carboxylic acids is 2. The topological polar surface area (TPSA) is 159 Å². The number of phenols is 1. The third-order valence-electron chi connectivity index (χ3n) is 4.62. The maximum absolute atomic E-state index is 12.3. The molecule has 1 heterocycles. The van der Waals surface area contributed by atoms with Crippen molar-refractivity contribution in [2.45, 2.75) is 38.6 Å². The van der Waals surface area contributed by atoms with Crippen molar-refractivity contribution >= 4 is 23.8 Å². The second-order valence-electron chi connectivity index (χ2n) is 7.06. The van der Waals surface area contributed by atoms with E-state index in [0.717, 1.165) is 31.6 Å². The van der Waals surface area contributed by atoms with Gasteiger partial charge < -0.3 is 35.6 Å². The van der Waals surface area contributed by atoms with Crippen LogP contribution in [0.25, 0.3) is 0 Å². The van der Waals surface area contributed by atoms with Gasteiger partial charge in [0, 0.05) is 25.6 Å². The minimum Gasteiger partial charge on any atom is -0.507 e. The molecule has 0 unspecified atom stereocenters. The van der Waals surface area contributed by atoms with Gasteiger partial charge >= 0.3 is 12.1 Å². The van der Waals surface area contributed by atoms with Crippen LogP contribution in [-0.2, 0) is 9.53 Å². The summed E-state index contributed by atoms with van der Waals surface area (Å²) in [5, 5.41) is 27.1. The molecule has 0 spiro atoms. The lowest BCUT2D eigenvalue weighted by Crippen LogP contribution is -2.48. The molecule has 11 nitrogen and oxygen atoms in total. The number of aromatic hydroxyl groups is 1. The molecule has 32 heavy (non-hydrogen) atoms. The average molecular weight is 450 g/mol. The van der Waals surface area contributed by atoms with E-state index in [0.29, 0.717) is 18.9 Å². The predicted octanol–water partition coefficient (Wildman–Crippen LogP) is 1.26. The van der Waals surface area contributed by atoms with Gasteiger partial charge in [0.15, 0.2) is 0 Å². The number of rotatable bonds is 10. The molecule has 176 valence electrons. The van der Waals surface area contributed by atoms with E-state index >= 15 is 0 Å². The highest BCUT2D eigenvalue weighted by Crippen LogP contribution is 2.23. The Kier molecular flexibility index (Phi) is 10.1. The number of hydrogen-bond donors (Lipinski definition) is 5. The van der Waals surface area contributed by atoms with E-state index in [9.17, 15) is 19.5 Å². The summed E-state index contributed by atoms with van der Waals surface area (Å²) < 4.78 is 10.2. The van der Waals surface area contributed by atoms with Crippen molar-refractivity contribution in [1.82, 2.24) is 16.0 Å². The summed E-state index contributed by atoms with van der Waals surface area (Å²) in [6.45, 7) is 3.02. The Morgan fingerprint density at radius 3 is 2.75 bits per heavy atom. The first-order valence-corrected chi connectivity index (χ1v) is 10.6.